The predicted molar refractivity (Wildman–Crippen MR) is 42.7 cm³/mol. The molecule has 13 heavy (non-hydrogen) atoms. The van der Waals surface area contributed by atoms with E-state index in [1.807, 2.05) is 0 Å². The van der Waals surface area contributed by atoms with Crippen LogP contribution in [0.4, 0.5) is 8.78 Å². The summed E-state index contributed by atoms with van der Waals surface area (Å²) >= 11 is 0. The van der Waals surface area contributed by atoms with Crippen LogP contribution in [0.1, 0.15) is 17.8 Å². The third-order valence-corrected chi connectivity index (χ3v) is 1.78. The van der Waals surface area contributed by atoms with Crippen molar-refractivity contribution < 1.29 is 8.78 Å². The van der Waals surface area contributed by atoms with Crippen molar-refractivity contribution in [1.82, 2.24) is 14.6 Å². The molecular weight excluding hydrogens is 176 g/mol. The van der Waals surface area contributed by atoms with E-state index >= 15 is 0 Å². The highest BCUT2D eigenvalue weighted by molar-refractivity contribution is 5.38. The van der Waals surface area contributed by atoms with Crippen LogP contribution in [0.5, 0.6) is 0 Å². The van der Waals surface area contributed by atoms with Crippen molar-refractivity contribution in [3.8, 4) is 0 Å². The highest BCUT2D eigenvalue weighted by atomic mass is 19.3. The number of aromatic nitrogens is 3. The maximum absolute atomic E-state index is 12.2. The summed E-state index contributed by atoms with van der Waals surface area (Å²) in [6.45, 7) is 1.77. The molecule has 2 rings (SSSR count). The summed E-state index contributed by atoms with van der Waals surface area (Å²) in [4.78, 5) is 3.97. The lowest BCUT2D eigenvalue weighted by Crippen LogP contribution is -1.99. The SMILES string of the molecule is Cc1cnc2ccc(C(F)F)nn12. The van der Waals surface area contributed by atoms with E-state index in [9.17, 15) is 8.78 Å². The van der Waals surface area contributed by atoms with E-state index in [4.69, 9.17) is 0 Å². The Bertz CT molecular complexity index is 436. The van der Waals surface area contributed by atoms with Crippen LogP contribution >= 0.6 is 0 Å². The van der Waals surface area contributed by atoms with Crippen LogP contribution in [0.25, 0.3) is 5.65 Å². The molecule has 0 spiro atoms. The first kappa shape index (κ1) is 8.10. The van der Waals surface area contributed by atoms with Gasteiger partial charge in [0.15, 0.2) is 5.65 Å². The first-order chi connectivity index (χ1) is 6.18. The van der Waals surface area contributed by atoms with Crippen molar-refractivity contribution in [1.29, 1.82) is 0 Å². The number of halogens is 2. The average Bonchev–Trinajstić information content (AvgIpc) is 2.47. The average molecular weight is 183 g/mol. The van der Waals surface area contributed by atoms with Gasteiger partial charge in [0.1, 0.15) is 5.69 Å². The molecule has 0 aromatic carbocycles. The van der Waals surface area contributed by atoms with Crippen molar-refractivity contribution in [2.24, 2.45) is 0 Å². The van der Waals surface area contributed by atoms with Gasteiger partial charge in [-0.15, -0.1) is 0 Å². The Kier molecular flexibility index (Phi) is 1.72. The summed E-state index contributed by atoms with van der Waals surface area (Å²) in [7, 11) is 0. The third-order valence-electron chi connectivity index (χ3n) is 1.78. The van der Waals surface area contributed by atoms with Crippen LogP contribution in [0, 0.1) is 6.92 Å². The summed E-state index contributed by atoms with van der Waals surface area (Å²) in [5.41, 5.74) is 1.10. The lowest BCUT2D eigenvalue weighted by Gasteiger charge is -1.99. The lowest BCUT2D eigenvalue weighted by atomic mass is 10.4. The maximum atomic E-state index is 12.2. The second kappa shape index (κ2) is 2.76. The predicted octanol–water partition coefficient (Wildman–Crippen LogP) is 1.98. The molecule has 68 valence electrons. The van der Waals surface area contributed by atoms with Gasteiger partial charge in [0.2, 0.25) is 0 Å². The van der Waals surface area contributed by atoms with Gasteiger partial charge in [-0.3, -0.25) is 0 Å². The molecule has 0 atom stereocenters. The molecule has 2 aromatic heterocycles. The molecule has 0 radical (unpaired) electrons. The van der Waals surface area contributed by atoms with Crippen molar-refractivity contribution >= 4 is 5.65 Å². The number of imidazole rings is 1. The Morgan fingerprint density at radius 3 is 2.85 bits per heavy atom. The summed E-state index contributed by atoms with van der Waals surface area (Å²) in [6.07, 6.45) is -0.941. The van der Waals surface area contributed by atoms with Gasteiger partial charge in [-0.25, -0.2) is 18.3 Å². The van der Waals surface area contributed by atoms with Crippen LogP contribution in [0.15, 0.2) is 18.3 Å². The molecule has 2 aromatic rings. The Hall–Kier alpha value is -1.52. The molecule has 0 bridgehead atoms. The molecule has 0 aliphatic heterocycles. The molecule has 5 heteroatoms. The molecule has 0 saturated heterocycles. The van der Waals surface area contributed by atoms with Gasteiger partial charge >= 0.3 is 0 Å². The minimum Gasteiger partial charge on any atom is -0.235 e. The molecule has 0 unspecified atom stereocenters. The summed E-state index contributed by atoms with van der Waals surface area (Å²) in [5, 5.41) is 3.74. The molecule has 0 amide bonds. The van der Waals surface area contributed by atoms with Gasteiger partial charge in [-0.2, -0.15) is 5.10 Å². The minimum absolute atomic E-state index is 0.228. The number of aryl methyl sites for hydroxylation is 1. The molecule has 0 fully saturated rings. The largest absolute Gasteiger partial charge is 0.282 e. The molecule has 2 heterocycles. The van der Waals surface area contributed by atoms with E-state index in [2.05, 4.69) is 10.1 Å². The van der Waals surface area contributed by atoms with Gasteiger partial charge in [-0.05, 0) is 19.1 Å². The fraction of sp³-hybridized carbons (Fsp3) is 0.250. The lowest BCUT2D eigenvalue weighted by molar-refractivity contribution is 0.144. The quantitative estimate of drug-likeness (QED) is 0.676. The highest BCUT2D eigenvalue weighted by Gasteiger charge is 2.10. The molecule has 0 aliphatic carbocycles. The van der Waals surface area contributed by atoms with E-state index in [1.54, 1.807) is 13.1 Å². The van der Waals surface area contributed by atoms with Crippen LogP contribution in [-0.2, 0) is 0 Å². The van der Waals surface area contributed by atoms with E-state index in [0.29, 0.717) is 5.65 Å². The number of hydrogen-bond acceptors (Lipinski definition) is 2. The maximum Gasteiger partial charge on any atom is 0.282 e. The molecule has 0 N–H and O–H groups in total. The van der Waals surface area contributed by atoms with Gasteiger partial charge in [0.25, 0.3) is 6.43 Å². The standard InChI is InChI=1S/C8H7F2N3/c1-5-4-11-7-3-2-6(8(9)10)12-13(5)7/h2-4,8H,1H3. The zero-order chi connectivity index (χ0) is 9.42. The van der Waals surface area contributed by atoms with Crippen molar-refractivity contribution in [2.45, 2.75) is 13.3 Å². The first-order valence-electron chi connectivity index (χ1n) is 3.78. The van der Waals surface area contributed by atoms with Gasteiger partial charge in [-0.1, -0.05) is 0 Å². The van der Waals surface area contributed by atoms with Crippen molar-refractivity contribution in [2.75, 3.05) is 0 Å². The van der Waals surface area contributed by atoms with E-state index in [0.717, 1.165) is 5.69 Å². The van der Waals surface area contributed by atoms with Gasteiger partial charge < -0.3 is 0 Å². The monoisotopic (exact) mass is 183 g/mol. The number of nitrogens with zero attached hydrogens (tertiary/aromatic N) is 3. The van der Waals surface area contributed by atoms with E-state index < -0.39 is 6.43 Å². The molecular formula is C8H7F2N3. The topological polar surface area (TPSA) is 30.2 Å². The molecule has 0 aliphatic rings. The Morgan fingerprint density at radius 2 is 2.15 bits per heavy atom. The Balaban J connectivity index is 2.66. The normalized spacial score (nSPS) is 11.4. The number of fused-ring (bicyclic) bond motifs is 1. The van der Waals surface area contributed by atoms with Crippen LogP contribution < -0.4 is 0 Å². The second-order valence-corrected chi connectivity index (χ2v) is 2.73. The fourth-order valence-corrected chi connectivity index (χ4v) is 1.12. The second-order valence-electron chi connectivity index (χ2n) is 2.73. The number of hydrogen-bond donors (Lipinski definition) is 0. The fourth-order valence-electron chi connectivity index (χ4n) is 1.12. The summed E-state index contributed by atoms with van der Waals surface area (Å²) in [5.74, 6) is 0. The number of alkyl halides is 2. The zero-order valence-corrected chi connectivity index (χ0v) is 6.91. The van der Waals surface area contributed by atoms with Crippen molar-refractivity contribution in [3.05, 3.63) is 29.7 Å². The Morgan fingerprint density at radius 1 is 1.38 bits per heavy atom. The zero-order valence-electron chi connectivity index (χ0n) is 6.91. The first-order valence-corrected chi connectivity index (χ1v) is 3.78. The molecule has 3 nitrogen and oxygen atoms in total. The summed E-state index contributed by atoms with van der Waals surface area (Å²) in [6, 6.07) is 2.81. The Labute approximate surface area is 73.0 Å². The van der Waals surface area contributed by atoms with Gasteiger partial charge in [0.05, 0.1) is 11.9 Å². The molecule has 0 saturated carbocycles. The van der Waals surface area contributed by atoms with Gasteiger partial charge in [0, 0.05) is 0 Å². The van der Waals surface area contributed by atoms with Crippen LogP contribution in [0.3, 0.4) is 0 Å². The smallest absolute Gasteiger partial charge is 0.235 e. The summed E-state index contributed by atoms with van der Waals surface area (Å²) < 4.78 is 25.9. The highest BCUT2D eigenvalue weighted by Crippen LogP contribution is 2.16. The van der Waals surface area contributed by atoms with Crippen LogP contribution in [-0.4, -0.2) is 14.6 Å². The van der Waals surface area contributed by atoms with E-state index in [-0.39, 0.29) is 5.69 Å². The minimum atomic E-state index is -2.54. The van der Waals surface area contributed by atoms with E-state index in [1.165, 1.54) is 16.6 Å². The van der Waals surface area contributed by atoms with Crippen molar-refractivity contribution in [3.63, 3.8) is 0 Å². The number of rotatable bonds is 1. The third kappa shape index (κ3) is 1.26. The van der Waals surface area contributed by atoms with Crippen LogP contribution in [0.2, 0.25) is 0 Å².